The fraction of sp³-hybridized carbons (Fsp3) is 0.100. The molecule has 4 heterocycles. The smallest absolute Gasteiger partial charge is 0.509 e. The summed E-state index contributed by atoms with van der Waals surface area (Å²) in [6, 6.07) is 46.4. The minimum atomic E-state index is -0.00494. The Morgan fingerprint density at radius 1 is 0.638 bits per heavy atom. The fourth-order valence-electron chi connectivity index (χ4n) is 6.51. The maximum absolute atomic E-state index is 6.49. The van der Waals surface area contributed by atoms with Crippen LogP contribution in [0.1, 0.15) is 26.3 Å². The van der Waals surface area contributed by atoms with Gasteiger partial charge in [-0.15, -0.1) is 35.7 Å². The van der Waals surface area contributed by atoms with Crippen LogP contribution in [0.5, 0.6) is 11.5 Å². The summed E-state index contributed by atoms with van der Waals surface area (Å²) in [6.07, 6.45) is 1.89. The van der Waals surface area contributed by atoms with Gasteiger partial charge >= 0.3 is 21.1 Å². The summed E-state index contributed by atoms with van der Waals surface area (Å²) in [5.74, 6) is 2.89. The molecule has 0 aliphatic carbocycles. The van der Waals surface area contributed by atoms with Crippen molar-refractivity contribution in [2.75, 3.05) is 0 Å². The number of pyridine rings is 1. The van der Waals surface area contributed by atoms with Crippen molar-refractivity contribution < 1.29 is 25.8 Å². The van der Waals surface area contributed by atoms with Crippen LogP contribution in [0.15, 0.2) is 121 Å². The number of rotatable bonds is 4. The maximum Gasteiger partial charge on any atom is 2.00 e. The number of nitrogens with zero attached hydrogens (tertiary/aromatic N) is 5. The second-order valence-corrected chi connectivity index (χ2v) is 12.7. The standard InChI is InChI=1S/C40H29N5O.Pt/c1-40(2,3)26-21-22-41-38(23-26)44-33-15-6-4-13-30(33)31-20-19-29(25-37(31)44)46-28-12-10-11-27(24-28)43-35-17-8-9-18-36(35)45-34-16-7-5-14-32(34)42-39(43)45;/h4-23H,1-3H3;/q-2;+2. The van der Waals surface area contributed by atoms with Gasteiger partial charge in [0.1, 0.15) is 5.82 Å². The van der Waals surface area contributed by atoms with E-state index in [1.54, 1.807) is 0 Å². The van der Waals surface area contributed by atoms with Crippen LogP contribution < -0.4 is 4.74 Å². The molecule has 0 spiro atoms. The van der Waals surface area contributed by atoms with Gasteiger partial charge in [-0.25, -0.2) is 9.97 Å². The summed E-state index contributed by atoms with van der Waals surface area (Å²) >= 11 is 0. The molecule has 47 heavy (non-hydrogen) atoms. The van der Waals surface area contributed by atoms with Crippen molar-refractivity contribution in [3.8, 4) is 23.0 Å². The van der Waals surface area contributed by atoms with Crippen LogP contribution >= 0.6 is 0 Å². The van der Waals surface area contributed by atoms with E-state index in [0.717, 1.165) is 61.2 Å². The van der Waals surface area contributed by atoms with Crippen LogP contribution in [0.4, 0.5) is 0 Å². The van der Waals surface area contributed by atoms with E-state index in [1.165, 1.54) is 5.56 Å². The average molecular weight is 791 g/mol. The van der Waals surface area contributed by atoms with Crippen LogP contribution in [0.2, 0.25) is 0 Å². The van der Waals surface area contributed by atoms with E-state index in [2.05, 4.69) is 119 Å². The summed E-state index contributed by atoms with van der Waals surface area (Å²) in [5, 5.41) is 2.24. The summed E-state index contributed by atoms with van der Waals surface area (Å²) < 4.78 is 13.0. The van der Waals surface area contributed by atoms with Gasteiger partial charge in [-0.3, -0.25) is 4.40 Å². The van der Waals surface area contributed by atoms with Crippen molar-refractivity contribution in [3.63, 3.8) is 0 Å². The molecule has 0 saturated carbocycles. The summed E-state index contributed by atoms with van der Waals surface area (Å²) in [5.41, 5.74) is 8.20. The molecular weight excluding hydrogens is 762 g/mol. The van der Waals surface area contributed by atoms with Gasteiger partial charge in [-0.05, 0) is 58.8 Å². The number of ether oxygens (including phenoxy) is 1. The zero-order chi connectivity index (χ0) is 31.0. The molecule has 6 nitrogen and oxygen atoms in total. The number of para-hydroxylation sites is 5. The SMILES string of the molecule is CC(C)(C)c1ccnc(-n2c3[c-]c(Oc4[c-]c(-n5c6ccccc6n6c7ccccc7nc56)ccc4)ccc3c3ccccc32)c1.[Pt+2]. The van der Waals surface area contributed by atoms with E-state index in [9.17, 15) is 0 Å². The van der Waals surface area contributed by atoms with Crippen molar-refractivity contribution in [1.82, 2.24) is 23.5 Å². The normalized spacial score (nSPS) is 12.0. The Balaban J connectivity index is 0.00000324. The predicted octanol–water partition coefficient (Wildman–Crippen LogP) is 9.61. The third kappa shape index (κ3) is 4.66. The van der Waals surface area contributed by atoms with Gasteiger partial charge in [0.2, 0.25) is 5.78 Å². The van der Waals surface area contributed by atoms with Gasteiger partial charge in [0, 0.05) is 23.2 Å². The van der Waals surface area contributed by atoms with E-state index in [1.807, 2.05) is 48.7 Å². The van der Waals surface area contributed by atoms with E-state index >= 15 is 0 Å². The second-order valence-electron chi connectivity index (χ2n) is 12.7. The molecule has 0 radical (unpaired) electrons. The third-order valence-corrected chi connectivity index (χ3v) is 8.72. The molecule has 9 rings (SSSR count). The molecule has 0 aliphatic rings. The molecular formula is C40H29N5OPt. The van der Waals surface area contributed by atoms with E-state index in [0.29, 0.717) is 11.5 Å². The number of fused-ring (bicyclic) bond motifs is 8. The first kappa shape index (κ1) is 29.2. The fourth-order valence-corrected chi connectivity index (χ4v) is 6.51. The minimum Gasteiger partial charge on any atom is -0.509 e. The van der Waals surface area contributed by atoms with Crippen molar-refractivity contribution in [3.05, 3.63) is 139 Å². The van der Waals surface area contributed by atoms with Crippen LogP contribution in [-0.2, 0) is 26.5 Å². The molecule has 9 aromatic rings. The van der Waals surface area contributed by atoms with Gasteiger partial charge in [0.05, 0.1) is 22.1 Å². The second kappa shape index (κ2) is 11.0. The Morgan fingerprint density at radius 2 is 1.36 bits per heavy atom. The van der Waals surface area contributed by atoms with E-state index in [-0.39, 0.29) is 26.5 Å². The number of benzene rings is 5. The van der Waals surface area contributed by atoms with E-state index < -0.39 is 0 Å². The first-order valence-corrected chi connectivity index (χ1v) is 15.4. The zero-order valence-electron chi connectivity index (χ0n) is 26.0. The molecule has 4 aromatic heterocycles. The molecule has 0 fully saturated rings. The average Bonchev–Trinajstić information content (AvgIpc) is 3.71. The van der Waals surface area contributed by atoms with Crippen LogP contribution in [-0.4, -0.2) is 23.5 Å². The quantitative estimate of drug-likeness (QED) is 0.167. The zero-order valence-corrected chi connectivity index (χ0v) is 28.3. The van der Waals surface area contributed by atoms with Crippen molar-refractivity contribution in [2.24, 2.45) is 0 Å². The summed E-state index contributed by atoms with van der Waals surface area (Å²) in [7, 11) is 0. The Morgan fingerprint density at radius 3 is 2.19 bits per heavy atom. The molecule has 0 aliphatic heterocycles. The number of imidazole rings is 2. The van der Waals surface area contributed by atoms with Crippen molar-refractivity contribution >= 4 is 49.7 Å². The first-order valence-electron chi connectivity index (χ1n) is 15.4. The largest absolute Gasteiger partial charge is 2.00 e. The van der Waals surface area contributed by atoms with Crippen LogP contribution in [0.25, 0.3) is 61.2 Å². The molecule has 5 aromatic carbocycles. The summed E-state index contributed by atoms with van der Waals surface area (Å²) in [6.45, 7) is 6.66. The van der Waals surface area contributed by atoms with Crippen molar-refractivity contribution in [2.45, 2.75) is 26.2 Å². The molecule has 7 heteroatoms. The third-order valence-electron chi connectivity index (χ3n) is 8.72. The van der Waals surface area contributed by atoms with Gasteiger partial charge in [-0.2, -0.15) is 12.1 Å². The molecule has 0 saturated heterocycles. The summed E-state index contributed by atoms with van der Waals surface area (Å²) in [4.78, 5) is 9.81. The molecule has 0 amide bonds. The van der Waals surface area contributed by atoms with Gasteiger partial charge < -0.3 is 13.9 Å². The molecule has 0 atom stereocenters. The number of aromatic nitrogens is 5. The first-order chi connectivity index (χ1) is 22.4. The van der Waals surface area contributed by atoms with Crippen LogP contribution in [0.3, 0.4) is 0 Å². The van der Waals surface area contributed by atoms with Crippen molar-refractivity contribution in [1.29, 1.82) is 0 Å². The minimum absolute atomic E-state index is 0. The molecule has 0 unspecified atom stereocenters. The Labute approximate surface area is 286 Å². The maximum atomic E-state index is 6.49. The topological polar surface area (TPSA) is 49.3 Å². The Bertz CT molecular complexity index is 2620. The van der Waals surface area contributed by atoms with Gasteiger partial charge in [-0.1, -0.05) is 74.4 Å². The number of hydrogen-bond donors (Lipinski definition) is 0. The van der Waals surface area contributed by atoms with Gasteiger partial charge in [0.15, 0.2) is 0 Å². The molecule has 0 bridgehead atoms. The van der Waals surface area contributed by atoms with Crippen LogP contribution in [0, 0.1) is 12.1 Å². The number of hydrogen-bond acceptors (Lipinski definition) is 3. The molecule has 230 valence electrons. The predicted molar refractivity (Wildman–Crippen MR) is 185 cm³/mol. The van der Waals surface area contributed by atoms with Gasteiger partial charge in [0.25, 0.3) is 0 Å². The Kier molecular flexibility index (Phi) is 6.82. The van der Waals surface area contributed by atoms with E-state index in [4.69, 9.17) is 14.7 Å². The Hall–Kier alpha value is -5.19. The monoisotopic (exact) mass is 790 g/mol. The molecule has 0 N–H and O–H groups in total.